The molecule has 9 rings (SSSR count). The molecule has 6 aromatic rings. The number of fused-ring (bicyclic) bond motifs is 5. The molecule has 133 heavy (non-hydrogen) atoms. The van der Waals surface area contributed by atoms with Crippen molar-refractivity contribution in [3.8, 4) is 11.5 Å². The van der Waals surface area contributed by atoms with Gasteiger partial charge < -0.3 is 80.1 Å². The Kier molecular flexibility index (Phi) is 53.3. The van der Waals surface area contributed by atoms with Crippen LogP contribution in [0.4, 0.5) is 22.1 Å². The number of halogens is 1. The molecule has 3 aliphatic rings. The van der Waals surface area contributed by atoms with E-state index in [-0.39, 0.29) is 93.3 Å². The number of carbonyl (C=O) groups excluding carboxylic acids is 7. The molecule has 4 bridgehead atoms. The molecule has 0 radical (unpaired) electrons. The van der Waals surface area contributed by atoms with Gasteiger partial charge in [-0.2, -0.15) is 0 Å². The topological polar surface area (TPSA) is 565 Å². The maximum Gasteiger partial charge on any atom is 0.409 e. The van der Waals surface area contributed by atoms with Gasteiger partial charge >= 0.3 is 12.1 Å². The first-order chi connectivity index (χ1) is 62.3. The Hall–Kier alpha value is -11.0. The number of carbonyl (C=O) groups is 7. The van der Waals surface area contributed by atoms with Gasteiger partial charge in [-0.05, 0) is 142 Å². The Balaban J connectivity index is 0.00000234. The average molecular weight is 2020 g/mol. The number of pyridine rings is 4. The summed E-state index contributed by atoms with van der Waals surface area (Å²) in [5.41, 5.74) is 4.17. The third-order valence-electron chi connectivity index (χ3n) is 20.6. The summed E-state index contributed by atoms with van der Waals surface area (Å²) in [5, 5.41) is 78.3. The Morgan fingerprint density at radius 2 is 1.21 bits per heavy atom. The third-order valence-corrected chi connectivity index (χ3v) is 23.4. The van der Waals surface area contributed by atoms with E-state index < -0.39 is 86.0 Å². The summed E-state index contributed by atoms with van der Waals surface area (Å²) in [7, 11) is 8.91. The minimum absolute atomic E-state index is 0. The summed E-state index contributed by atoms with van der Waals surface area (Å²) in [6, 6.07) is 31.9. The molecule has 4 aromatic heterocycles. The van der Waals surface area contributed by atoms with Crippen LogP contribution in [0.2, 0.25) is 5.02 Å². The average Bonchev–Trinajstić information content (AvgIpc) is 1.57. The van der Waals surface area contributed by atoms with E-state index in [4.69, 9.17) is 121 Å². The molecular formula is C86H117ClN16O26S2Zn2. The summed E-state index contributed by atoms with van der Waals surface area (Å²) < 4.78 is 36.4. The number of anilines is 3. The van der Waals surface area contributed by atoms with Gasteiger partial charge in [0.2, 0.25) is 29.5 Å². The number of amides is 6. The number of unbranched alkanes of at least 4 members (excludes halogenated alkanes) is 5. The first kappa shape index (κ1) is 116. The number of nitrogens with zero attached hydrogens (tertiary/aromatic N) is 12. The van der Waals surface area contributed by atoms with E-state index >= 15 is 0 Å². The molecule has 720 valence electrons. The summed E-state index contributed by atoms with van der Waals surface area (Å²) in [4.78, 5) is 155. The van der Waals surface area contributed by atoms with Crippen molar-refractivity contribution in [1.82, 2.24) is 45.3 Å². The molecule has 0 aliphatic carbocycles. The molecule has 2 aromatic carbocycles. The van der Waals surface area contributed by atoms with Gasteiger partial charge in [0.15, 0.2) is 5.72 Å². The minimum atomic E-state index is -1.88. The van der Waals surface area contributed by atoms with Crippen molar-refractivity contribution in [3.05, 3.63) is 224 Å². The second kappa shape index (κ2) is 61.0. The first-order valence-electron chi connectivity index (χ1n) is 42.0. The van der Waals surface area contributed by atoms with Gasteiger partial charge in [0.1, 0.15) is 58.1 Å². The van der Waals surface area contributed by atoms with Crippen LogP contribution in [0.1, 0.15) is 171 Å². The number of aromatic nitrogens is 4. The van der Waals surface area contributed by atoms with Gasteiger partial charge in [-0.25, -0.2) is 19.6 Å². The quantitative estimate of drug-likeness (QED) is 0.00328. The van der Waals surface area contributed by atoms with Crippen LogP contribution in [0.25, 0.3) is 0 Å². The fourth-order valence-electron chi connectivity index (χ4n) is 14.0. The number of hydrogen-bond donors (Lipinski definition) is 9. The van der Waals surface area contributed by atoms with Crippen molar-refractivity contribution in [2.45, 2.75) is 219 Å². The van der Waals surface area contributed by atoms with Gasteiger partial charge in [-0.3, -0.25) is 49.1 Å². The Morgan fingerprint density at radius 3 is 1.71 bits per heavy atom. The number of nitrogens with one attached hydrogen (secondary N) is 4. The molecule has 2 fully saturated rings. The predicted octanol–water partition coefficient (Wildman–Crippen LogP) is 12.3. The fourth-order valence-corrected chi connectivity index (χ4v) is 16.3. The molecule has 0 spiro atoms. The van der Waals surface area contributed by atoms with E-state index in [1.54, 1.807) is 64.5 Å². The van der Waals surface area contributed by atoms with Crippen LogP contribution in [0.3, 0.4) is 0 Å². The van der Waals surface area contributed by atoms with Crippen LogP contribution in [0.15, 0.2) is 139 Å². The van der Waals surface area contributed by atoms with Gasteiger partial charge in [0, 0.05) is 168 Å². The third kappa shape index (κ3) is 43.7. The van der Waals surface area contributed by atoms with E-state index in [1.807, 2.05) is 85.8 Å². The molecule has 2 unspecified atom stereocenters. The molecule has 7 heterocycles. The Morgan fingerprint density at radius 1 is 0.699 bits per heavy atom. The Bertz CT molecular complexity index is 4590. The maximum absolute atomic E-state index is 14.5. The van der Waals surface area contributed by atoms with Gasteiger partial charge in [-0.15, -0.1) is 40.5 Å². The van der Waals surface area contributed by atoms with Crippen LogP contribution in [0, 0.1) is 46.4 Å². The van der Waals surface area contributed by atoms with Crippen molar-refractivity contribution in [3.63, 3.8) is 0 Å². The molecule has 8 atom stereocenters. The van der Waals surface area contributed by atoms with E-state index in [2.05, 4.69) is 63.1 Å². The predicted molar refractivity (Wildman–Crippen MR) is 483 cm³/mol. The number of hydrogen-bond acceptors (Lipinski definition) is 30. The number of epoxide rings is 1. The number of alkyl carbamates (subject to hydrolysis) is 1. The first-order valence-corrected chi connectivity index (χ1v) is 44.9. The smallest absolute Gasteiger partial charge is 0.409 e. The van der Waals surface area contributed by atoms with Gasteiger partial charge in [0.25, 0.3) is 20.3 Å². The normalized spacial score (nSPS) is 18.5. The number of rotatable bonds is 40. The second-order valence-corrected chi connectivity index (χ2v) is 33.9. The summed E-state index contributed by atoms with van der Waals surface area (Å²) in [5.74, 6) is 0.530. The SMILES string of the molecule is CCCCCC(=O)Nc1cccc(CN(Cc2cc(CN(Cc3ccccn3)Cc3cccc(NC(=O)CCCCC)n3)cc(OCCCCNC(=O)CCSSCCC(=O)N(C)[C@H](C)C(=O)O[C@H]3CC(=O)N(C)c4cc(cc(OC)c4Cl)C/C(C)=C/C=C\[C@H](OC)[C@]4(O)CC(OC(=O)N4)[C@H](C)C4O[C@@]43C)c2)Cc2ccccn2)n1.O=[N+]([O-])O.O=[N+]([O-])O.O=[N+]([O-])O.O=[N+]([O-])O.[Zn].[Zn]. The van der Waals surface area contributed by atoms with Crippen LogP contribution >= 0.6 is 33.2 Å². The van der Waals surface area contributed by atoms with Crippen molar-refractivity contribution < 1.29 is 147 Å². The minimum Gasteiger partial charge on any atom is -0.495 e. The van der Waals surface area contributed by atoms with E-state index in [9.17, 15) is 38.7 Å². The van der Waals surface area contributed by atoms with Gasteiger partial charge in [-0.1, -0.05) is 134 Å². The number of likely N-dealkylation sites (N-methyl/N-ethyl adjacent to an activating group) is 1. The number of esters is 1. The van der Waals surface area contributed by atoms with Crippen molar-refractivity contribution in [1.29, 1.82) is 0 Å². The fraction of sp³-hybridized carbons (Fsp3) is 0.500. The standard InChI is InChI=1S/C86H113ClN12O14S2.4HNO3.2Zn/c1-11-13-15-34-77(101)93-74-32-24-29-66(91-74)56-98(54-64-27-17-19-38-88-64)52-62-45-63(53-99(55-65-28-18-20-39-89-65)57-67-30-25-33-75(92-67)94-78(102)35-16-14-12-2)47-68(46-62)110-41-22-21-40-90-76(100)36-42-114-115-43-37-79(103)96(7)60(5)83(105)112-73-50-80(104)97(8)69-48-61(49-70(108-9)81(69)87)44-58(3)26-23-31-72(109-10)86(107)51-71(111-84(106)95-86)59(4)82-85(73,6)113-82;4*2-1(3)4;;/h17-20,23-33,38-39,45-49,59-60,71-73,82,107H,11-16,21-22,34-37,40-44,50-57H2,1-10H3,(H,90,100)(H,95,106)(H,91,93,101)(H,92,94,102);4*(H,2,3,4);;/b31-23-,58-26+;;;;;;/t59-,60+,71?,72-,73-,82?,85+,86+;;;;;;/m0....../s1. The maximum atomic E-state index is 14.5. The molecule has 0 saturated carbocycles. The largest absolute Gasteiger partial charge is 0.495 e. The van der Waals surface area contributed by atoms with E-state index in [1.165, 1.54) is 52.7 Å². The summed E-state index contributed by atoms with van der Waals surface area (Å²) in [6.45, 7) is 14.9. The zero-order valence-corrected chi connectivity index (χ0v) is 84.5. The van der Waals surface area contributed by atoms with Crippen LogP contribution in [-0.2, 0) is 132 Å². The van der Waals surface area contributed by atoms with Gasteiger partial charge in [0.05, 0.1) is 54.7 Å². The molecule has 2 saturated heterocycles. The number of aliphatic hydroxyl groups is 1. The number of allylic oxidation sites excluding steroid dienone is 3. The summed E-state index contributed by atoms with van der Waals surface area (Å²) >= 11 is 6.89. The molecule has 47 heteroatoms. The molecule has 42 nitrogen and oxygen atoms in total. The van der Waals surface area contributed by atoms with Crippen molar-refractivity contribution >= 4 is 92.1 Å². The van der Waals surface area contributed by atoms with Crippen LogP contribution < -0.4 is 35.6 Å². The zero-order valence-electron chi connectivity index (χ0n) is 76.1. The molecule has 3 aliphatic heterocycles. The number of methoxy groups -OCH3 is 2. The molecule has 6 amide bonds. The van der Waals surface area contributed by atoms with Crippen molar-refractivity contribution in [2.75, 3.05) is 68.5 Å². The van der Waals surface area contributed by atoms with Crippen molar-refractivity contribution in [2.24, 2.45) is 5.92 Å². The number of benzene rings is 2. The molecular weight excluding hydrogens is 1900 g/mol. The van der Waals surface area contributed by atoms with Crippen LogP contribution in [-0.4, -0.2) is 217 Å². The summed E-state index contributed by atoms with van der Waals surface area (Å²) in [6.07, 6.45) is 12.2. The molecule has 9 N–H and O–H groups in total. The Labute approximate surface area is 808 Å². The van der Waals surface area contributed by atoms with Crippen LogP contribution in [0.5, 0.6) is 11.5 Å². The number of ether oxygens (including phenoxy) is 6. The monoisotopic (exact) mass is 2020 g/mol. The second-order valence-electron chi connectivity index (χ2n) is 30.9. The van der Waals surface area contributed by atoms with E-state index in [0.717, 1.165) is 83.6 Å². The zero-order chi connectivity index (χ0) is 96.8. The van der Waals surface area contributed by atoms with E-state index in [0.29, 0.717) is 125 Å².